The lowest BCUT2D eigenvalue weighted by Crippen LogP contribution is -2.44. The summed E-state index contributed by atoms with van der Waals surface area (Å²) in [5.41, 5.74) is 3.44. The molecule has 1 aromatic rings. The van der Waals surface area contributed by atoms with Gasteiger partial charge in [-0.15, -0.1) is 0 Å². The van der Waals surface area contributed by atoms with Gasteiger partial charge in [0.1, 0.15) is 0 Å². The molecule has 0 amide bonds. The van der Waals surface area contributed by atoms with E-state index in [0.717, 1.165) is 13.0 Å². The molecule has 114 valence electrons. The molecule has 0 fully saturated rings. The first-order chi connectivity index (χ1) is 9.08. The fourth-order valence-electron chi connectivity index (χ4n) is 2.27. The van der Waals surface area contributed by atoms with Gasteiger partial charge >= 0.3 is 0 Å². The topological polar surface area (TPSA) is 3.24 Å². The Morgan fingerprint density at radius 2 is 1.40 bits per heavy atom. The van der Waals surface area contributed by atoms with Crippen molar-refractivity contribution in [2.75, 3.05) is 13.1 Å². The monoisotopic (exact) mass is 275 g/mol. The zero-order valence-corrected chi connectivity index (χ0v) is 14.6. The molecule has 0 N–H and O–H groups in total. The number of aryl methyl sites for hydroxylation is 1. The summed E-state index contributed by atoms with van der Waals surface area (Å²) in [6.07, 6.45) is 2.39. The minimum atomic E-state index is 0.246. The van der Waals surface area contributed by atoms with Crippen LogP contribution in [0.2, 0.25) is 0 Å². The number of hydrogen-bond acceptors (Lipinski definition) is 1. The molecule has 0 saturated carbocycles. The van der Waals surface area contributed by atoms with E-state index in [4.69, 9.17) is 0 Å². The first kappa shape index (κ1) is 17.2. The quantitative estimate of drug-likeness (QED) is 0.725. The summed E-state index contributed by atoms with van der Waals surface area (Å²) in [6, 6.07) is 8.96. The maximum Gasteiger partial charge on any atom is 0.0125 e. The smallest absolute Gasteiger partial charge is 0.0125 e. The lowest BCUT2D eigenvalue weighted by molar-refractivity contribution is 0.120. The molecule has 0 spiro atoms. The number of hydrogen-bond donors (Lipinski definition) is 0. The highest BCUT2D eigenvalue weighted by atomic mass is 15.2. The van der Waals surface area contributed by atoms with Crippen molar-refractivity contribution in [3.8, 4) is 0 Å². The Balaban J connectivity index is 2.59. The highest BCUT2D eigenvalue weighted by molar-refractivity contribution is 5.21. The standard InChI is InChI=1S/C19H33N/c1-16-8-10-17(11-9-16)12-14-20(19(5,6)7)15-13-18(2,3)4/h8-11H,12-15H2,1-7H3. The van der Waals surface area contributed by atoms with Crippen LogP contribution in [0.1, 0.15) is 59.1 Å². The van der Waals surface area contributed by atoms with Gasteiger partial charge in [-0.1, -0.05) is 50.6 Å². The highest BCUT2D eigenvalue weighted by Crippen LogP contribution is 2.22. The minimum absolute atomic E-state index is 0.246. The van der Waals surface area contributed by atoms with Crippen molar-refractivity contribution in [2.45, 2.75) is 66.8 Å². The largest absolute Gasteiger partial charge is 0.298 e. The van der Waals surface area contributed by atoms with Gasteiger partial charge in [0.15, 0.2) is 0 Å². The van der Waals surface area contributed by atoms with Crippen LogP contribution in [0.25, 0.3) is 0 Å². The molecule has 1 heteroatoms. The van der Waals surface area contributed by atoms with Crippen LogP contribution in [0.15, 0.2) is 24.3 Å². The van der Waals surface area contributed by atoms with Gasteiger partial charge in [-0.2, -0.15) is 0 Å². The van der Waals surface area contributed by atoms with Gasteiger partial charge in [-0.3, -0.25) is 4.90 Å². The molecule has 0 heterocycles. The van der Waals surface area contributed by atoms with Crippen molar-refractivity contribution in [3.63, 3.8) is 0 Å². The summed E-state index contributed by atoms with van der Waals surface area (Å²) in [4.78, 5) is 2.62. The molecule has 0 radical (unpaired) electrons. The molecule has 1 nitrogen and oxygen atoms in total. The second-order valence-electron chi connectivity index (χ2n) is 8.20. The van der Waals surface area contributed by atoms with E-state index >= 15 is 0 Å². The van der Waals surface area contributed by atoms with E-state index < -0.39 is 0 Å². The number of rotatable bonds is 5. The summed E-state index contributed by atoms with van der Waals surface area (Å²) >= 11 is 0. The average Bonchev–Trinajstić information content (AvgIpc) is 2.28. The van der Waals surface area contributed by atoms with Gasteiger partial charge in [0.2, 0.25) is 0 Å². The second kappa shape index (κ2) is 6.76. The third kappa shape index (κ3) is 6.56. The Labute approximate surface area is 126 Å². The van der Waals surface area contributed by atoms with Gasteiger partial charge in [0.25, 0.3) is 0 Å². The fourth-order valence-corrected chi connectivity index (χ4v) is 2.27. The van der Waals surface area contributed by atoms with Crippen LogP contribution in [0.3, 0.4) is 0 Å². The molecule has 0 aliphatic carbocycles. The lowest BCUT2D eigenvalue weighted by atomic mass is 9.91. The van der Waals surface area contributed by atoms with Crippen molar-refractivity contribution in [1.82, 2.24) is 4.90 Å². The van der Waals surface area contributed by atoms with E-state index in [9.17, 15) is 0 Å². The molecule has 0 aliphatic rings. The first-order valence-corrected chi connectivity index (χ1v) is 7.88. The van der Waals surface area contributed by atoms with E-state index in [-0.39, 0.29) is 5.54 Å². The molecule has 0 unspecified atom stereocenters. The van der Waals surface area contributed by atoms with Crippen LogP contribution < -0.4 is 0 Å². The molecule has 0 atom stereocenters. The summed E-state index contributed by atoms with van der Waals surface area (Å²) in [6.45, 7) is 18.4. The van der Waals surface area contributed by atoms with E-state index in [1.807, 2.05) is 0 Å². The van der Waals surface area contributed by atoms with Gasteiger partial charge < -0.3 is 0 Å². The Bertz CT molecular complexity index is 389. The molecule has 20 heavy (non-hydrogen) atoms. The van der Waals surface area contributed by atoms with E-state index in [1.165, 1.54) is 24.1 Å². The van der Waals surface area contributed by atoms with Crippen LogP contribution in [0.5, 0.6) is 0 Å². The van der Waals surface area contributed by atoms with Crippen LogP contribution in [0, 0.1) is 12.3 Å². The predicted molar refractivity (Wildman–Crippen MR) is 90.3 cm³/mol. The van der Waals surface area contributed by atoms with E-state index in [2.05, 4.69) is 77.6 Å². The molecular formula is C19H33N. The zero-order valence-electron chi connectivity index (χ0n) is 14.6. The van der Waals surface area contributed by atoms with Crippen LogP contribution >= 0.6 is 0 Å². The number of benzene rings is 1. The second-order valence-corrected chi connectivity index (χ2v) is 8.20. The molecule has 0 saturated heterocycles. The third-order valence-corrected chi connectivity index (χ3v) is 3.87. The maximum atomic E-state index is 2.62. The van der Waals surface area contributed by atoms with Crippen LogP contribution in [0.4, 0.5) is 0 Å². The first-order valence-electron chi connectivity index (χ1n) is 7.88. The molecule has 0 aromatic heterocycles. The normalized spacial score (nSPS) is 13.0. The Morgan fingerprint density at radius 3 is 1.85 bits per heavy atom. The minimum Gasteiger partial charge on any atom is -0.298 e. The fraction of sp³-hybridized carbons (Fsp3) is 0.684. The molecule has 0 bridgehead atoms. The number of nitrogens with zero attached hydrogens (tertiary/aromatic N) is 1. The summed E-state index contributed by atoms with van der Waals surface area (Å²) in [5, 5.41) is 0. The molecule has 1 rings (SSSR count). The van der Waals surface area contributed by atoms with E-state index in [1.54, 1.807) is 0 Å². The van der Waals surface area contributed by atoms with Gasteiger partial charge in [-0.25, -0.2) is 0 Å². The summed E-state index contributed by atoms with van der Waals surface area (Å²) < 4.78 is 0. The molecule has 0 aliphatic heterocycles. The zero-order chi connectivity index (χ0) is 15.4. The average molecular weight is 275 g/mol. The summed E-state index contributed by atoms with van der Waals surface area (Å²) in [7, 11) is 0. The molecule has 1 aromatic carbocycles. The summed E-state index contributed by atoms with van der Waals surface area (Å²) in [5.74, 6) is 0. The van der Waals surface area contributed by atoms with Crippen molar-refractivity contribution < 1.29 is 0 Å². The molecular weight excluding hydrogens is 242 g/mol. The van der Waals surface area contributed by atoms with Crippen molar-refractivity contribution >= 4 is 0 Å². The Morgan fingerprint density at radius 1 is 0.850 bits per heavy atom. The SMILES string of the molecule is Cc1ccc(CCN(CCC(C)(C)C)C(C)(C)C)cc1. The van der Waals surface area contributed by atoms with Crippen molar-refractivity contribution in [2.24, 2.45) is 5.41 Å². The predicted octanol–water partition coefficient (Wildman–Crippen LogP) is 5.07. The Hall–Kier alpha value is -0.820. The lowest BCUT2D eigenvalue weighted by Gasteiger charge is -2.37. The van der Waals surface area contributed by atoms with Gasteiger partial charge in [0, 0.05) is 12.1 Å². The Kier molecular flexibility index (Phi) is 5.82. The van der Waals surface area contributed by atoms with Crippen LogP contribution in [-0.2, 0) is 6.42 Å². The third-order valence-electron chi connectivity index (χ3n) is 3.87. The van der Waals surface area contributed by atoms with E-state index in [0.29, 0.717) is 5.41 Å². The van der Waals surface area contributed by atoms with Crippen molar-refractivity contribution in [1.29, 1.82) is 0 Å². The van der Waals surface area contributed by atoms with Crippen LogP contribution in [-0.4, -0.2) is 23.5 Å². The van der Waals surface area contributed by atoms with Gasteiger partial charge in [0.05, 0.1) is 0 Å². The highest BCUT2D eigenvalue weighted by Gasteiger charge is 2.22. The van der Waals surface area contributed by atoms with Gasteiger partial charge in [-0.05, 0) is 58.1 Å². The van der Waals surface area contributed by atoms with Crippen molar-refractivity contribution in [3.05, 3.63) is 35.4 Å². The maximum absolute atomic E-state index is 2.62.